The van der Waals surface area contributed by atoms with Gasteiger partial charge in [0.1, 0.15) is 15.0 Å². The lowest BCUT2D eigenvalue weighted by Gasteiger charge is -2.04. The number of aromatic amines is 1. The molecular formula is C11H10N4OS. The van der Waals surface area contributed by atoms with E-state index in [9.17, 15) is 4.79 Å². The van der Waals surface area contributed by atoms with Crippen molar-refractivity contribution < 1.29 is 0 Å². The minimum absolute atomic E-state index is 0.201. The van der Waals surface area contributed by atoms with Gasteiger partial charge in [0.15, 0.2) is 0 Å². The summed E-state index contributed by atoms with van der Waals surface area (Å²) in [6.07, 6.45) is 0. The molecule has 0 aliphatic carbocycles. The number of nitrogens with zero attached hydrogens (tertiary/aromatic N) is 3. The van der Waals surface area contributed by atoms with Crippen molar-refractivity contribution in [2.24, 2.45) is 0 Å². The highest BCUT2D eigenvalue weighted by Gasteiger charge is 2.15. The van der Waals surface area contributed by atoms with Gasteiger partial charge in [-0.05, 0) is 31.9 Å². The molecule has 0 aliphatic rings. The summed E-state index contributed by atoms with van der Waals surface area (Å²) in [5.74, 6) is 0. The topological polar surface area (TPSA) is 71.5 Å². The fourth-order valence-corrected chi connectivity index (χ4v) is 3.05. The summed E-state index contributed by atoms with van der Waals surface area (Å²) in [6.45, 7) is 6.03. The second-order valence-electron chi connectivity index (χ2n) is 4.05. The summed E-state index contributed by atoms with van der Waals surface area (Å²) < 4.78 is 0.593. The number of pyridine rings is 1. The Balaban J connectivity index is 2.67. The first-order chi connectivity index (χ1) is 8.09. The van der Waals surface area contributed by atoms with Crippen molar-refractivity contribution in [1.29, 1.82) is 0 Å². The second kappa shape index (κ2) is 3.33. The first-order valence-corrected chi connectivity index (χ1v) is 6.02. The summed E-state index contributed by atoms with van der Waals surface area (Å²) in [5.41, 5.74) is 3.71. The normalized spacial score (nSPS) is 11.5. The van der Waals surface area contributed by atoms with Gasteiger partial charge in [-0.3, -0.25) is 4.79 Å². The van der Waals surface area contributed by atoms with Crippen molar-refractivity contribution in [3.05, 3.63) is 27.2 Å². The van der Waals surface area contributed by atoms with Gasteiger partial charge in [-0.25, -0.2) is 10.1 Å². The number of H-pyrrole nitrogens is 1. The zero-order valence-electron chi connectivity index (χ0n) is 9.66. The number of thiophene rings is 1. The molecule has 0 saturated heterocycles. The van der Waals surface area contributed by atoms with Crippen LogP contribution in [0.1, 0.15) is 16.8 Å². The number of hydrogen-bond acceptors (Lipinski definition) is 5. The monoisotopic (exact) mass is 246 g/mol. The van der Waals surface area contributed by atoms with Crippen molar-refractivity contribution in [2.45, 2.75) is 20.8 Å². The van der Waals surface area contributed by atoms with Gasteiger partial charge < -0.3 is 0 Å². The van der Waals surface area contributed by atoms with Crippen molar-refractivity contribution in [3.63, 3.8) is 0 Å². The predicted molar refractivity (Wildman–Crippen MR) is 67.5 cm³/mol. The fourth-order valence-electron chi connectivity index (χ4n) is 1.94. The van der Waals surface area contributed by atoms with Gasteiger partial charge in [0, 0.05) is 11.1 Å². The van der Waals surface area contributed by atoms with Crippen molar-refractivity contribution >= 4 is 31.8 Å². The molecule has 0 radical (unpaired) electrons. The molecule has 0 bridgehead atoms. The van der Waals surface area contributed by atoms with Crippen LogP contribution in [0.25, 0.3) is 20.4 Å². The highest BCUT2D eigenvalue weighted by atomic mass is 32.1. The van der Waals surface area contributed by atoms with Crippen LogP contribution in [0.3, 0.4) is 0 Å². The van der Waals surface area contributed by atoms with E-state index in [4.69, 9.17) is 0 Å². The van der Waals surface area contributed by atoms with E-state index in [1.165, 1.54) is 11.3 Å². The molecule has 5 nitrogen and oxygen atoms in total. The average molecular weight is 246 g/mol. The van der Waals surface area contributed by atoms with Gasteiger partial charge in [-0.1, -0.05) is 5.21 Å². The molecule has 0 saturated carbocycles. The minimum atomic E-state index is -0.201. The Morgan fingerprint density at radius 1 is 1.18 bits per heavy atom. The Kier molecular flexibility index (Phi) is 2.03. The Morgan fingerprint density at radius 2 is 1.94 bits per heavy atom. The Hall–Kier alpha value is -1.82. The maximum absolute atomic E-state index is 11.7. The predicted octanol–water partition coefficient (Wildman–Crippen LogP) is 1.85. The van der Waals surface area contributed by atoms with Gasteiger partial charge in [0.2, 0.25) is 0 Å². The Labute approximate surface area is 101 Å². The van der Waals surface area contributed by atoms with Crippen LogP contribution in [0.5, 0.6) is 0 Å². The Bertz CT molecular complexity index is 802. The third-order valence-electron chi connectivity index (χ3n) is 3.12. The van der Waals surface area contributed by atoms with E-state index in [1.807, 2.05) is 20.8 Å². The lowest BCUT2D eigenvalue weighted by atomic mass is 10.1. The first-order valence-electron chi connectivity index (χ1n) is 5.21. The Morgan fingerprint density at radius 3 is 2.71 bits per heavy atom. The van der Waals surface area contributed by atoms with Gasteiger partial charge >= 0.3 is 0 Å². The number of fused-ring (bicyclic) bond motifs is 3. The van der Waals surface area contributed by atoms with Gasteiger partial charge in [-0.2, -0.15) is 0 Å². The summed E-state index contributed by atoms with van der Waals surface area (Å²) in [4.78, 5) is 17.0. The molecule has 0 spiro atoms. The van der Waals surface area contributed by atoms with Crippen LogP contribution >= 0.6 is 11.3 Å². The molecule has 0 aromatic carbocycles. The number of nitrogens with one attached hydrogen (secondary N) is 1. The van der Waals surface area contributed by atoms with E-state index in [0.717, 1.165) is 27.0 Å². The molecule has 0 atom stereocenters. The van der Waals surface area contributed by atoms with Gasteiger partial charge in [0.25, 0.3) is 5.56 Å². The molecule has 3 aromatic heterocycles. The molecule has 17 heavy (non-hydrogen) atoms. The van der Waals surface area contributed by atoms with Crippen molar-refractivity contribution in [3.8, 4) is 0 Å². The van der Waals surface area contributed by atoms with E-state index >= 15 is 0 Å². The molecule has 3 aromatic rings. The SMILES string of the molecule is Cc1nc2sc3c(=O)[nH]nnc3c2c(C)c1C. The van der Waals surface area contributed by atoms with Gasteiger partial charge in [0.05, 0.1) is 0 Å². The van der Waals surface area contributed by atoms with E-state index < -0.39 is 0 Å². The third kappa shape index (κ3) is 1.30. The second-order valence-corrected chi connectivity index (χ2v) is 5.05. The van der Waals surface area contributed by atoms with Crippen LogP contribution in [-0.4, -0.2) is 20.4 Å². The summed E-state index contributed by atoms with van der Waals surface area (Å²) in [5, 5.41) is 10.9. The van der Waals surface area contributed by atoms with E-state index in [2.05, 4.69) is 20.4 Å². The van der Waals surface area contributed by atoms with E-state index in [-0.39, 0.29) is 5.56 Å². The maximum atomic E-state index is 11.7. The smallest absolute Gasteiger partial charge is 0.266 e. The molecule has 3 heterocycles. The molecule has 1 N–H and O–H groups in total. The molecule has 0 aliphatic heterocycles. The number of rotatable bonds is 0. The van der Waals surface area contributed by atoms with Crippen LogP contribution in [0, 0.1) is 20.8 Å². The highest BCUT2D eigenvalue weighted by molar-refractivity contribution is 7.25. The largest absolute Gasteiger partial charge is 0.285 e. The number of aromatic nitrogens is 4. The zero-order chi connectivity index (χ0) is 12.2. The molecular weight excluding hydrogens is 236 g/mol. The van der Waals surface area contributed by atoms with Crippen molar-refractivity contribution in [2.75, 3.05) is 0 Å². The van der Waals surface area contributed by atoms with Crippen molar-refractivity contribution in [1.82, 2.24) is 20.4 Å². The van der Waals surface area contributed by atoms with Crippen LogP contribution in [0.2, 0.25) is 0 Å². The summed E-state index contributed by atoms with van der Waals surface area (Å²) in [6, 6.07) is 0. The highest BCUT2D eigenvalue weighted by Crippen LogP contribution is 2.32. The number of hydrogen-bond donors (Lipinski definition) is 1. The summed E-state index contributed by atoms with van der Waals surface area (Å²) in [7, 11) is 0. The summed E-state index contributed by atoms with van der Waals surface area (Å²) >= 11 is 1.37. The first kappa shape index (κ1) is 10.3. The van der Waals surface area contributed by atoms with Crippen LogP contribution in [-0.2, 0) is 0 Å². The molecule has 0 unspecified atom stereocenters. The van der Waals surface area contributed by atoms with Crippen LogP contribution in [0.4, 0.5) is 0 Å². The van der Waals surface area contributed by atoms with E-state index in [1.54, 1.807) is 0 Å². The molecule has 3 rings (SSSR count). The standard InChI is InChI=1S/C11H10N4OS/c1-4-5(2)7-8-9(10(16)14-15-13-8)17-11(7)12-6(4)3/h1-3H3,(H,13,14,16). The lowest BCUT2D eigenvalue weighted by Crippen LogP contribution is -2.07. The number of aryl methyl sites for hydroxylation is 2. The minimum Gasteiger partial charge on any atom is -0.266 e. The molecule has 0 amide bonds. The van der Waals surface area contributed by atoms with Crippen LogP contribution in [0.15, 0.2) is 4.79 Å². The van der Waals surface area contributed by atoms with Gasteiger partial charge in [-0.15, -0.1) is 16.4 Å². The maximum Gasteiger partial charge on any atom is 0.285 e. The average Bonchev–Trinajstić information content (AvgIpc) is 2.66. The van der Waals surface area contributed by atoms with Crippen LogP contribution < -0.4 is 5.56 Å². The molecule has 6 heteroatoms. The van der Waals surface area contributed by atoms with E-state index in [0.29, 0.717) is 10.2 Å². The zero-order valence-corrected chi connectivity index (χ0v) is 10.5. The quantitative estimate of drug-likeness (QED) is 0.657. The lowest BCUT2D eigenvalue weighted by molar-refractivity contribution is 0.876. The molecule has 86 valence electrons. The molecule has 0 fully saturated rings. The third-order valence-corrected chi connectivity index (χ3v) is 4.19. The fraction of sp³-hybridized carbons (Fsp3) is 0.273.